The topological polar surface area (TPSA) is 8.81 Å². The van der Waals surface area contributed by atoms with Crippen molar-refractivity contribution in [1.29, 1.82) is 0 Å². The predicted octanol–water partition coefficient (Wildman–Crippen LogP) is 10.8. The van der Waals surface area contributed by atoms with Gasteiger partial charge in [0.15, 0.2) is 0 Å². The zero-order chi connectivity index (χ0) is 28.3. The van der Waals surface area contributed by atoms with Crippen LogP contribution in [0.1, 0.15) is 141 Å². The van der Waals surface area contributed by atoms with Crippen LogP contribution in [-0.4, -0.2) is 4.57 Å². The Morgan fingerprint density at radius 2 is 1.18 bits per heavy atom. The summed E-state index contributed by atoms with van der Waals surface area (Å²) >= 11 is 0. The number of aryl methyl sites for hydroxylation is 1. The van der Waals surface area contributed by atoms with Crippen molar-refractivity contribution in [2.24, 2.45) is 0 Å². The van der Waals surface area contributed by atoms with Crippen molar-refractivity contribution in [2.75, 3.05) is 0 Å². The molecule has 2 heteroatoms. The van der Waals surface area contributed by atoms with E-state index in [1.165, 1.54) is 114 Å². The first kappa shape index (κ1) is 32.2. The first-order valence-electron chi connectivity index (χ1n) is 16.8. The van der Waals surface area contributed by atoms with Crippen LogP contribution in [0.3, 0.4) is 0 Å². The Labute approximate surface area is 247 Å². The van der Waals surface area contributed by atoms with Gasteiger partial charge < -0.3 is 0 Å². The number of benzene rings is 2. The summed E-state index contributed by atoms with van der Waals surface area (Å²) in [5.74, 6) is 0. The second-order valence-corrected chi connectivity index (χ2v) is 12.4. The third-order valence-electron chi connectivity index (χ3n) is 9.01. The van der Waals surface area contributed by atoms with Gasteiger partial charge in [0, 0.05) is 5.41 Å². The maximum absolute atomic E-state index is 2.55. The van der Waals surface area contributed by atoms with E-state index >= 15 is 0 Å². The number of aromatic nitrogens is 2. The smallest absolute Gasteiger partial charge is 0.237 e. The van der Waals surface area contributed by atoms with Gasteiger partial charge in [0.1, 0.15) is 18.4 Å². The normalized spacial score (nSPS) is 13.8. The molecule has 1 aromatic heterocycles. The molecule has 0 bridgehead atoms. The maximum Gasteiger partial charge on any atom is 0.244 e. The molecule has 220 valence electrons. The maximum atomic E-state index is 2.55. The molecule has 0 aliphatic carbocycles. The van der Waals surface area contributed by atoms with Crippen LogP contribution < -0.4 is 4.57 Å². The molecular formula is C38H59N2+. The van der Waals surface area contributed by atoms with Crippen LogP contribution in [0.5, 0.6) is 0 Å². The van der Waals surface area contributed by atoms with Gasteiger partial charge in [0.2, 0.25) is 6.33 Å². The largest absolute Gasteiger partial charge is 0.244 e. The van der Waals surface area contributed by atoms with E-state index < -0.39 is 0 Å². The molecular weight excluding hydrogens is 484 g/mol. The fourth-order valence-corrected chi connectivity index (χ4v) is 6.50. The quantitative estimate of drug-likeness (QED) is 0.0880. The number of imidazole rings is 1. The van der Waals surface area contributed by atoms with E-state index in [0.717, 1.165) is 13.0 Å². The van der Waals surface area contributed by atoms with E-state index in [0.29, 0.717) is 6.04 Å². The Hall–Kier alpha value is -2.35. The van der Waals surface area contributed by atoms with Crippen LogP contribution in [0.4, 0.5) is 0 Å². The monoisotopic (exact) mass is 543 g/mol. The minimum Gasteiger partial charge on any atom is -0.237 e. The lowest BCUT2D eigenvalue weighted by atomic mass is 9.70. The van der Waals surface area contributed by atoms with Crippen LogP contribution in [0, 0.1) is 0 Å². The summed E-state index contributed by atoms with van der Waals surface area (Å²) < 4.78 is 4.99. The summed E-state index contributed by atoms with van der Waals surface area (Å²) in [5, 5.41) is 0. The average molecular weight is 544 g/mol. The molecule has 40 heavy (non-hydrogen) atoms. The van der Waals surface area contributed by atoms with Crippen molar-refractivity contribution >= 4 is 0 Å². The number of nitrogens with zero attached hydrogens (tertiary/aromatic N) is 2. The Balaban J connectivity index is 1.57. The molecule has 2 nitrogen and oxygen atoms in total. The van der Waals surface area contributed by atoms with Crippen molar-refractivity contribution in [3.63, 3.8) is 0 Å². The van der Waals surface area contributed by atoms with Gasteiger partial charge >= 0.3 is 0 Å². The molecule has 2 atom stereocenters. The van der Waals surface area contributed by atoms with E-state index in [-0.39, 0.29) is 5.41 Å². The van der Waals surface area contributed by atoms with Gasteiger partial charge in [0.05, 0.1) is 6.54 Å². The fourth-order valence-electron chi connectivity index (χ4n) is 6.50. The second kappa shape index (κ2) is 18.9. The first-order valence-corrected chi connectivity index (χ1v) is 16.8. The molecule has 3 rings (SSSR count). The van der Waals surface area contributed by atoms with E-state index in [2.05, 4.69) is 109 Å². The third kappa shape index (κ3) is 10.9. The van der Waals surface area contributed by atoms with E-state index in [1.54, 1.807) is 0 Å². The average Bonchev–Trinajstić information content (AvgIpc) is 3.45. The molecule has 2 unspecified atom stereocenters. The second-order valence-electron chi connectivity index (χ2n) is 12.4. The third-order valence-corrected chi connectivity index (χ3v) is 9.01. The van der Waals surface area contributed by atoms with Crippen molar-refractivity contribution in [3.8, 4) is 0 Å². The van der Waals surface area contributed by atoms with Gasteiger partial charge in [-0.3, -0.25) is 0 Å². The van der Waals surface area contributed by atoms with Crippen LogP contribution in [-0.2, 0) is 18.4 Å². The molecule has 0 spiro atoms. The minimum absolute atomic E-state index is 0.0171. The van der Waals surface area contributed by atoms with Gasteiger partial charge in [-0.1, -0.05) is 158 Å². The van der Waals surface area contributed by atoms with Crippen molar-refractivity contribution < 1.29 is 4.57 Å². The summed E-state index contributed by atoms with van der Waals surface area (Å²) in [6, 6.07) is 22.8. The van der Waals surface area contributed by atoms with E-state index in [4.69, 9.17) is 0 Å². The van der Waals surface area contributed by atoms with Crippen LogP contribution >= 0.6 is 0 Å². The first-order chi connectivity index (χ1) is 19.7. The fraction of sp³-hybridized carbons (Fsp3) is 0.605. The molecule has 0 saturated heterocycles. The highest BCUT2D eigenvalue weighted by Crippen LogP contribution is 2.41. The van der Waals surface area contributed by atoms with Crippen molar-refractivity contribution in [3.05, 3.63) is 90.5 Å². The number of unbranched alkanes of at least 4 members (excludes halogenated alkanes) is 13. The molecule has 0 radical (unpaired) electrons. The summed E-state index contributed by atoms with van der Waals surface area (Å²) in [6.45, 7) is 8.25. The number of hydrogen-bond acceptors (Lipinski definition) is 0. The minimum atomic E-state index is 0.0171. The Bertz CT molecular complexity index is 1010. The highest BCUT2D eigenvalue weighted by atomic mass is 15.1. The van der Waals surface area contributed by atoms with Gasteiger partial charge in [-0.05, 0) is 43.2 Å². The summed E-state index contributed by atoms with van der Waals surface area (Å²) in [5.41, 5.74) is 2.89. The van der Waals surface area contributed by atoms with Gasteiger partial charge in [-0.2, -0.15) is 0 Å². The molecule has 3 aromatic rings. The molecule has 1 heterocycles. The van der Waals surface area contributed by atoms with Crippen LogP contribution in [0.15, 0.2) is 79.4 Å². The van der Waals surface area contributed by atoms with E-state index in [1.807, 2.05) is 0 Å². The summed E-state index contributed by atoms with van der Waals surface area (Å²) in [4.78, 5) is 0. The molecule has 2 aromatic carbocycles. The van der Waals surface area contributed by atoms with Gasteiger partial charge in [-0.25, -0.2) is 9.13 Å². The Kier molecular flexibility index (Phi) is 15.2. The molecule has 0 N–H and O–H groups in total. The molecule has 0 aliphatic rings. The zero-order valence-corrected chi connectivity index (χ0v) is 26.2. The lowest BCUT2D eigenvalue weighted by Gasteiger charge is -2.37. The standard InChI is InChI=1S/C38H59N2/c1-4-6-8-9-10-11-12-13-14-15-16-24-30-39-31-32-40(34-39)37(29-19-7-5-2)38(3,36-27-22-18-23-28-36)33-35-25-20-17-21-26-35/h17-18,20-23,25-28,31-32,34,37H,4-16,19,24,29-30,33H2,1-3H3/q+1. The van der Waals surface area contributed by atoms with E-state index in [9.17, 15) is 0 Å². The Morgan fingerprint density at radius 1 is 0.650 bits per heavy atom. The summed E-state index contributed by atoms with van der Waals surface area (Å²) in [7, 11) is 0. The van der Waals surface area contributed by atoms with Crippen LogP contribution in [0.2, 0.25) is 0 Å². The van der Waals surface area contributed by atoms with Gasteiger partial charge in [-0.15, -0.1) is 0 Å². The van der Waals surface area contributed by atoms with Crippen molar-refractivity contribution in [2.45, 2.75) is 148 Å². The number of hydrogen-bond donors (Lipinski definition) is 0. The predicted molar refractivity (Wildman–Crippen MR) is 173 cm³/mol. The molecule has 0 amide bonds. The summed E-state index contributed by atoms with van der Waals surface area (Å²) in [6.07, 6.45) is 30.0. The lowest BCUT2D eigenvalue weighted by molar-refractivity contribution is -0.697. The highest BCUT2D eigenvalue weighted by Gasteiger charge is 2.40. The van der Waals surface area contributed by atoms with Crippen molar-refractivity contribution in [1.82, 2.24) is 4.57 Å². The SMILES string of the molecule is CCCCCCCCCCCCCC[n+]1ccn(C(CCCCC)C(C)(Cc2ccccc2)c2ccccc2)c1. The Morgan fingerprint density at radius 3 is 1.77 bits per heavy atom. The molecule has 0 saturated carbocycles. The zero-order valence-electron chi connectivity index (χ0n) is 26.2. The van der Waals surface area contributed by atoms with Gasteiger partial charge in [0.25, 0.3) is 0 Å². The number of rotatable bonds is 22. The molecule has 0 fully saturated rings. The molecule has 0 aliphatic heterocycles. The highest BCUT2D eigenvalue weighted by molar-refractivity contribution is 5.30. The lowest BCUT2D eigenvalue weighted by Crippen LogP contribution is -2.38. The van der Waals surface area contributed by atoms with Crippen LogP contribution in [0.25, 0.3) is 0 Å².